The summed E-state index contributed by atoms with van der Waals surface area (Å²) >= 11 is 0. The molecule has 1 aliphatic heterocycles. The summed E-state index contributed by atoms with van der Waals surface area (Å²) < 4.78 is 0. The van der Waals surface area contributed by atoms with E-state index in [2.05, 4.69) is 21.3 Å². The Morgan fingerprint density at radius 2 is 2.11 bits per heavy atom. The fourth-order valence-corrected chi connectivity index (χ4v) is 2.67. The van der Waals surface area contributed by atoms with Crippen LogP contribution in [0.2, 0.25) is 0 Å². The van der Waals surface area contributed by atoms with Crippen molar-refractivity contribution in [2.24, 2.45) is 11.8 Å². The van der Waals surface area contributed by atoms with E-state index in [0.717, 1.165) is 45.3 Å². The summed E-state index contributed by atoms with van der Waals surface area (Å²) in [7, 11) is 0. The van der Waals surface area contributed by atoms with E-state index in [1.54, 1.807) is 0 Å². The second-order valence-corrected chi connectivity index (χ2v) is 5.66. The van der Waals surface area contributed by atoms with Gasteiger partial charge < -0.3 is 10.2 Å². The maximum atomic E-state index is 11.6. The third-order valence-corrected chi connectivity index (χ3v) is 4.14. The Morgan fingerprint density at radius 1 is 1.32 bits per heavy atom. The van der Waals surface area contributed by atoms with Crippen molar-refractivity contribution >= 4 is 11.6 Å². The molecule has 1 saturated carbocycles. The molecule has 1 aromatic rings. The molecule has 1 saturated heterocycles. The number of rotatable bonds is 4. The average molecular weight is 259 g/mol. The smallest absolute Gasteiger partial charge is 0.223 e. The maximum absolute atomic E-state index is 11.6. The second kappa shape index (κ2) is 5.59. The van der Waals surface area contributed by atoms with E-state index in [-0.39, 0.29) is 5.91 Å². The molecule has 0 radical (unpaired) electrons. The zero-order valence-corrected chi connectivity index (χ0v) is 11.2. The number of nitrogens with zero attached hydrogens (tertiary/aromatic N) is 2. The van der Waals surface area contributed by atoms with Crippen LogP contribution in [0.1, 0.15) is 25.7 Å². The van der Waals surface area contributed by atoms with Gasteiger partial charge in [-0.1, -0.05) is 0 Å². The predicted octanol–water partition coefficient (Wildman–Crippen LogP) is 1.82. The molecule has 4 nitrogen and oxygen atoms in total. The molecule has 1 aliphatic carbocycles. The van der Waals surface area contributed by atoms with Gasteiger partial charge in [-0.3, -0.25) is 9.78 Å². The fourth-order valence-electron chi connectivity index (χ4n) is 2.67. The molecule has 0 atom stereocenters. The molecule has 2 fully saturated rings. The summed E-state index contributed by atoms with van der Waals surface area (Å²) in [6.07, 6.45) is 8.22. The monoisotopic (exact) mass is 259 g/mol. The second-order valence-electron chi connectivity index (χ2n) is 5.66. The molecule has 2 aliphatic rings. The molecule has 0 bridgehead atoms. The first-order valence-electron chi connectivity index (χ1n) is 7.25. The number of amides is 1. The highest BCUT2D eigenvalue weighted by Gasteiger charge is 2.30. The Hall–Kier alpha value is -1.58. The van der Waals surface area contributed by atoms with Crippen molar-refractivity contribution < 1.29 is 4.79 Å². The van der Waals surface area contributed by atoms with E-state index in [1.165, 1.54) is 5.69 Å². The largest absolute Gasteiger partial charge is 0.370 e. The van der Waals surface area contributed by atoms with E-state index < -0.39 is 0 Å². The number of carbonyl (C=O) groups is 1. The van der Waals surface area contributed by atoms with E-state index in [9.17, 15) is 4.79 Å². The molecule has 2 heterocycles. The molecule has 19 heavy (non-hydrogen) atoms. The molecule has 1 aromatic heterocycles. The van der Waals surface area contributed by atoms with Crippen LogP contribution in [0, 0.1) is 11.8 Å². The molecule has 4 heteroatoms. The third kappa shape index (κ3) is 3.25. The maximum Gasteiger partial charge on any atom is 0.223 e. The fraction of sp³-hybridized carbons (Fsp3) is 0.600. The minimum Gasteiger partial charge on any atom is -0.370 e. The summed E-state index contributed by atoms with van der Waals surface area (Å²) in [4.78, 5) is 18.2. The Kier molecular flexibility index (Phi) is 3.67. The number of carbonyl (C=O) groups excluding carboxylic acids is 1. The van der Waals surface area contributed by atoms with Gasteiger partial charge in [-0.05, 0) is 43.7 Å². The van der Waals surface area contributed by atoms with Crippen molar-refractivity contribution in [1.82, 2.24) is 10.3 Å². The Labute approximate surface area is 114 Å². The van der Waals surface area contributed by atoms with Crippen LogP contribution in [0.5, 0.6) is 0 Å². The first-order chi connectivity index (χ1) is 9.33. The van der Waals surface area contributed by atoms with Crippen molar-refractivity contribution in [3.8, 4) is 0 Å². The van der Waals surface area contributed by atoms with Crippen LogP contribution in [0.4, 0.5) is 5.69 Å². The summed E-state index contributed by atoms with van der Waals surface area (Å²) in [5.41, 5.74) is 1.21. The number of hydrogen-bond donors (Lipinski definition) is 1. The minimum absolute atomic E-state index is 0.273. The average Bonchev–Trinajstić information content (AvgIpc) is 3.31. The first-order valence-corrected chi connectivity index (χ1v) is 7.25. The van der Waals surface area contributed by atoms with Gasteiger partial charge in [0.05, 0.1) is 11.9 Å². The standard InChI is InChI=1S/C15H21N3O/c19-15(13-3-4-13)17-10-12-5-8-18(9-6-12)14-2-1-7-16-11-14/h1-2,7,11-13H,3-6,8-10H2,(H,17,19). The van der Waals surface area contributed by atoms with Gasteiger partial charge in [0.25, 0.3) is 0 Å². The highest BCUT2D eigenvalue weighted by atomic mass is 16.2. The van der Waals surface area contributed by atoms with Gasteiger partial charge in [-0.15, -0.1) is 0 Å². The summed E-state index contributed by atoms with van der Waals surface area (Å²) in [5.74, 6) is 1.24. The normalized spacial score (nSPS) is 20.3. The molecule has 0 aromatic carbocycles. The van der Waals surface area contributed by atoms with Gasteiger partial charge in [-0.2, -0.15) is 0 Å². The Bertz CT molecular complexity index is 422. The van der Waals surface area contributed by atoms with Gasteiger partial charge in [-0.25, -0.2) is 0 Å². The first kappa shape index (κ1) is 12.5. The quantitative estimate of drug-likeness (QED) is 0.897. The Morgan fingerprint density at radius 3 is 2.74 bits per heavy atom. The molecule has 1 amide bonds. The van der Waals surface area contributed by atoms with Gasteiger partial charge >= 0.3 is 0 Å². The summed E-state index contributed by atoms with van der Waals surface area (Å²) in [6, 6.07) is 4.10. The lowest BCUT2D eigenvalue weighted by Gasteiger charge is -2.33. The Balaban J connectivity index is 1.43. The highest BCUT2D eigenvalue weighted by Crippen LogP contribution is 2.29. The van der Waals surface area contributed by atoms with Gasteiger partial charge in [0.15, 0.2) is 0 Å². The van der Waals surface area contributed by atoms with Crippen molar-refractivity contribution in [2.45, 2.75) is 25.7 Å². The zero-order chi connectivity index (χ0) is 13.1. The van der Waals surface area contributed by atoms with Gasteiger partial charge in [0, 0.05) is 31.7 Å². The van der Waals surface area contributed by atoms with E-state index >= 15 is 0 Å². The van der Waals surface area contributed by atoms with Crippen LogP contribution in [-0.4, -0.2) is 30.5 Å². The van der Waals surface area contributed by atoms with Gasteiger partial charge in [0.2, 0.25) is 5.91 Å². The summed E-state index contributed by atoms with van der Waals surface area (Å²) in [5, 5.41) is 3.10. The van der Waals surface area contributed by atoms with E-state index in [4.69, 9.17) is 0 Å². The number of hydrogen-bond acceptors (Lipinski definition) is 3. The molecular weight excluding hydrogens is 238 g/mol. The molecule has 0 unspecified atom stereocenters. The number of anilines is 1. The molecule has 102 valence electrons. The number of piperidine rings is 1. The lowest BCUT2D eigenvalue weighted by atomic mass is 9.96. The van der Waals surface area contributed by atoms with Crippen LogP contribution >= 0.6 is 0 Å². The van der Waals surface area contributed by atoms with Crippen molar-refractivity contribution in [1.29, 1.82) is 0 Å². The van der Waals surface area contributed by atoms with Crippen LogP contribution in [0.25, 0.3) is 0 Å². The van der Waals surface area contributed by atoms with E-state index in [1.807, 2.05) is 18.5 Å². The SMILES string of the molecule is O=C(NCC1CCN(c2cccnc2)CC1)C1CC1. The van der Waals surface area contributed by atoms with Crippen LogP contribution in [-0.2, 0) is 4.79 Å². The number of nitrogens with one attached hydrogen (secondary N) is 1. The van der Waals surface area contributed by atoms with Crippen LogP contribution in [0.3, 0.4) is 0 Å². The van der Waals surface area contributed by atoms with Crippen molar-refractivity contribution in [2.75, 3.05) is 24.5 Å². The van der Waals surface area contributed by atoms with Crippen molar-refractivity contribution in [3.05, 3.63) is 24.5 Å². The molecule has 0 spiro atoms. The van der Waals surface area contributed by atoms with Crippen LogP contribution in [0.15, 0.2) is 24.5 Å². The highest BCUT2D eigenvalue weighted by molar-refractivity contribution is 5.80. The topological polar surface area (TPSA) is 45.2 Å². The van der Waals surface area contributed by atoms with Crippen LogP contribution < -0.4 is 10.2 Å². The zero-order valence-electron chi connectivity index (χ0n) is 11.2. The number of aromatic nitrogens is 1. The number of pyridine rings is 1. The third-order valence-electron chi connectivity index (χ3n) is 4.14. The van der Waals surface area contributed by atoms with Gasteiger partial charge in [0.1, 0.15) is 0 Å². The lowest BCUT2D eigenvalue weighted by Crippen LogP contribution is -2.39. The minimum atomic E-state index is 0.273. The predicted molar refractivity (Wildman–Crippen MR) is 74.9 cm³/mol. The van der Waals surface area contributed by atoms with E-state index in [0.29, 0.717) is 11.8 Å². The summed E-state index contributed by atoms with van der Waals surface area (Å²) in [6.45, 7) is 2.99. The van der Waals surface area contributed by atoms with Crippen molar-refractivity contribution in [3.63, 3.8) is 0 Å². The molecule has 3 rings (SSSR count). The molecule has 1 N–H and O–H groups in total. The molecular formula is C15H21N3O. The lowest BCUT2D eigenvalue weighted by molar-refractivity contribution is -0.122.